The third-order valence-corrected chi connectivity index (χ3v) is 6.03. The average Bonchev–Trinajstić information content (AvgIpc) is 3.26. The van der Waals surface area contributed by atoms with Gasteiger partial charge < -0.3 is 0 Å². The van der Waals surface area contributed by atoms with Crippen molar-refractivity contribution < 1.29 is 9.59 Å². The number of nitrogens with zero attached hydrogens (tertiary/aromatic N) is 3. The molecule has 148 valence electrons. The van der Waals surface area contributed by atoms with Gasteiger partial charge >= 0.3 is 0 Å². The van der Waals surface area contributed by atoms with E-state index in [1.807, 2.05) is 12.4 Å². The third kappa shape index (κ3) is 3.98. The van der Waals surface area contributed by atoms with E-state index in [2.05, 4.69) is 41.6 Å². The first kappa shape index (κ1) is 19.5. The molecule has 0 saturated heterocycles. The molecule has 2 aromatic carbocycles. The Morgan fingerprint density at radius 2 is 1.59 bits per heavy atom. The van der Waals surface area contributed by atoms with Gasteiger partial charge in [-0.15, -0.1) is 0 Å². The van der Waals surface area contributed by atoms with E-state index in [1.54, 1.807) is 36.0 Å². The van der Waals surface area contributed by atoms with Crippen molar-refractivity contribution in [3.8, 4) is 5.69 Å². The highest BCUT2D eigenvalue weighted by Crippen LogP contribution is 2.25. The monoisotopic (exact) mass is 405 g/mol. The lowest BCUT2D eigenvalue weighted by Gasteiger charge is -2.13. The Kier molecular flexibility index (Phi) is 5.53. The molecule has 1 aliphatic heterocycles. The molecular weight excluding hydrogens is 382 g/mol. The SMILES string of the molecule is Cc1cc(C)cc(-n2ccnc2SCCCCN2C(=O)c3ccccc3C2=O)c1. The molecule has 0 atom stereocenters. The lowest BCUT2D eigenvalue weighted by atomic mass is 10.1. The van der Waals surface area contributed by atoms with Gasteiger partial charge in [0.1, 0.15) is 0 Å². The summed E-state index contributed by atoms with van der Waals surface area (Å²) in [4.78, 5) is 30.7. The van der Waals surface area contributed by atoms with Gasteiger partial charge in [-0.05, 0) is 62.1 Å². The van der Waals surface area contributed by atoms with Gasteiger partial charge in [0.2, 0.25) is 0 Å². The van der Waals surface area contributed by atoms with Crippen LogP contribution >= 0.6 is 11.8 Å². The molecule has 29 heavy (non-hydrogen) atoms. The highest BCUT2D eigenvalue weighted by atomic mass is 32.2. The molecule has 6 heteroatoms. The number of hydrogen-bond acceptors (Lipinski definition) is 4. The van der Waals surface area contributed by atoms with Gasteiger partial charge in [0.15, 0.2) is 5.16 Å². The van der Waals surface area contributed by atoms with Crippen molar-refractivity contribution in [1.29, 1.82) is 0 Å². The quantitative estimate of drug-likeness (QED) is 0.326. The predicted octanol–water partition coefficient (Wildman–Crippen LogP) is 4.66. The summed E-state index contributed by atoms with van der Waals surface area (Å²) < 4.78 is 2.11. The number of amides is 2. The number of hydrogen-bond donors (Lipinski definition) is 0. The Labute approximate surface area is 174 Å². The molecule has 0 bridgehead atoms. The van der Waals surface area contributed by atoms with Crippen molar-refractivity contribution in [3.63, 3.8) is 0 Å². The fraction of sp³-hybridized carbons (Fsp3) is 0.261. The lowest BCUT2D eigenvalue weighted by molar-refractivity contribution is 0.0652. The van der Waals surface area contributed by atoms with Crippen LogP contribution in [0.2, 0.25) is 0 Å². The molecule has 1 aromatic heterocycles. The van der Waals surface area contributed by atoms with Crippen LogP contribution in [-0.2, 0) is 0 Å². The standard InChI is InChI=1S/C23H23N3O2S/c1-16-13-17(2)15-18(14-16)25-11-9-24-23(25)29-12-6-5-10-26-21(27)19-7-3-4-8-20(19)22(26)28/h3-4,7-9,11,13-15H,5-6,10,12H2,1-2H3. The van der Waals surface area contributed by atoms with Gasteiger partial charge in [-0.3, -0.25) is 19.1 Å². The number of unbranched alkanes of at least 4 members (excludes halogenated alkanes) is 1. The minimum Gasteiger partial charge on any atom is -0.295 e. The summed E-state index contributed by atoms with van der Waals surface area (Å²) in [7, 11) is 0. The van der Waals surface area contributed by atoms with Crippen LogP contribution in [-0.4, -0.2) is 38.6 Å². The van der Waals surface area contributed by atoms with Crippen molar-refractivity contribution in [2.75, 3.05) is 12.3 Å². The second-order valence-corrected chi connectivity index (χ2v) is 8.35. The molecule has 3 aromatic rings. The minimum absolute atomic E-state index is 0.177. The molecule has 1 aliphatic rings. The summed E-state index contributed by atoms with van der Waals surface area (Å²) >= 11 is 1.70. The third-order valence-electron chi connectivity index (χ3n) is 4.98. The summed E-state index contributed by atoms with van der Waals surface area (Å²) in [6.45, 7) is 4.65. The predicted molar refractivity (Wildman–Crippen MR) is 115 cm³/mol. The van der Waals surface area contributed by atoms with Crippen LogP contribution in [0.5, 0.6) is 0 Å². The summed E-state index contributed by atoms with van der Waals surface area (Å²) in [5.74, 6) is 0.526. The van der Waals surface area contributed by atoms with Crippen molar-refractivity contribution in [2.24, 2.45) is 0 Å². The maximum absolute atomic E-state index is 12.4. The van der Waals surface area contributed by atoms with Crippen LogP contribution in [0.3, 0.4) is 0 Å². The fourth-order valence-electron chi connectivity index (χ4n) is 3.66. The number of thioether (sulfide) groups is 1. The second kappa shape index (κ2) is 8.25. The zero-order valence-electron chi connectivity index (χ0n) is 16.6. The van der Waals surface area contributed by atoms with E-state index in [0.29, 0.717) is 17.7 Å². The molecule has 0 radical (unpaired) electrons. The van der Waals surface area contributed by atoms with Gasteiger partial charge in [0.25, 0.3) is 11.8 Å². The van der Waals surface area contributed by atoms with Gasteiger partial charge in [0, 0.05) is 30.4 Å². The van der Waals surface area contributed by atoms with Crippen molar-refractivity contribution in [2.45, 2.75) is 31.8 Å². The molecule has 0 unspecified atom stereocenters. The summed E-state index contributed by atoms with van der Waals surface area (Å²) in [6, 6.07) is 13.5. The van der Waals surface area contributed by atoms with Crippen molar-refractivity contribution in [1.82, 2.24) is 14.5 Å². The van der Waals surface area contributed by atoms with E-state index in [0.717, 1.165) is 29.4 Å². The maximum atomic E-state index is 12.4. The zero-order valence-corrected chi connectivity index (χ0v) is 17.4. The zero-order chi connectivity index (χ0) is 20.4. The van der Waals surface area contributed by atoms with E-state index in [-0.39, 0.29) is 11.8 Å². The number of carbonyl (C=O) groups is 2. The van der Waals surface area contributed by atoms with Crippen LogP contribution in [0.15, 0.2) is 60.0 Å². The van der Waals surface area contributed by atoms with E-state index in [9.17, 15) is 9.59 Å². The number of imide groups is 1. The Balaban J connectivity index is 1.31. The Bertz CT molecular complexity index is 1020. The Morgan fingerprint density at radius 3 is 2.24 bits per heavy atom. The van der Waals surface area contributed by atoms with Gasteiger partial charge in [-0.25, -0.2) is 4.98 Å². The molecule has 2 amide bonds. The lowest BCUT2D eigenvalue weighted by Crippen LogP contribution is -2.30. The summed E-state index contributed by atoms with van der Waals surface area (Å²) in [6.07, 6.45) is 5.48. The number of rotatable bonds is 7. The first-order chi connectivity index (χ1) is 14.0. The van der Waals surface area contributed by atoms with Gasteiger partial charge in [0.05, 0.1) is 11.1 Å². The topological polar surface area (TPSA) is 55.2 Å². The normalized spacial score (nSPS) is 13.2. The average molecular weight is 406 g/mol. The summed E-state index contributed by atoms with van der Waals surface area (Å²) in [5.41, 5.74) is 4.61. The number of benzene rings is 2. The first-order valence-electron chi connectivity index (χ1n) is 9.74. The number of imidazole rings is 1. The van der Waals surface area contributed by atoms with Crippen LogP contribution in [0.4, 0.5) is 0 Å². The highest BCUT2D eigenvalue weighted by molar-refractivity contribution is 7.99. The van der Waals surface area contributed by atoms with E-state index >= 15 is 0 Å². The van der Waals surface area contributed by atoms with Crippen LogP contribution in [0.25, 0.3) is 5.69 Å². The number of aromatic nitrogens is 2. The van der Waals surface area contributed by atoms with E-state index in [1.165, 1.54) is 16.0 Å². The van der Waals surface area contributed by atoms with Crippen LogP contribution in [0, 0.1) is 13.8 Å². The molecule has 5 nitrogen and oxygen atoms in total. The minimum atomic E-state index is -0.177. The van der Waals surface area contributed by atoms with E-state index < -0.39 is 0 Å². The number of fused-ring (bicyclic) bond motifs is 1. The Hall–Kier alpha value is -2.86. The molecule has 2 heterocycles. The molecule has 0 N–H and O–H groups in total. The molecule has 0 aliphatic carbocycles. The number of aryl methyl sites for hydroxylation is 2. The van der Waals surface area contributed by atoms with Crippen LogP contribution in [0.1, 0.15) is 44.7 Å². The fourth-order valence-corrected chi connectivity index (χ4v) is 4.63. The molecule has 0 fully saturated rings. The largest absolute Gasteiger partial charge is 0.295 e. The first-order valence-corrected chi connectivity index (χ1v) is 10.7. The maximum Gasteiger partial charge on any atom is 0.261 e. The summed E-state index contributed by atoms with van der Waals surface area (Å²) in [5, 5.41) is 0.954. The second-order valence-electron chi connectivity index (χ2n) is 7.29. The smallest absolute Gasteiger partial charge is 0.261 e. The van der Waals surface area contributed by atoms with Crippen molar-refractivity contribution in [3.05, 3.63) is 77.1 Å². The van der Waals surface area contributed by atoms with E-state index in [4.69, 9.17) is 0 Å². The highest BCUT2D eigenvalue weighted by Gasteiger charge is 2.34. The molecule has 0 saturated carbocycles. The molecule has 4 rings (SSSR count). The van der Waals surface area contributed by atoms with Crippen LogP contribution < -0.4 is 0 Å². The van der Waals surface area contributed by atoms with Crippen molar-refractivity contribution >= 4 is 23.6 Å². The Morgan fingerprint density at radius 1 is 0.931 bits per heavy atom. The van der Waals surface area contributed by atoms with Gasteiger partial charge in [-0.2, -0.15) is 0 Å². The molecule has 0 spiro atoms. The number of carbonyl (C=O) groups excluding carboxylic acids is 2. The van der Waals surface area contributed by atoms with Gasteiger partial charge in [-0.1, -0.05) is 30.0 Å². The molecular formula is C23H23N3O2S.